The van der Waals surface area contributed by atoms with Crippen molar-refractivity contribution in [3.8, 4) is 11.9 Å². The molecule has 0 amide bonds. The van der Waals surface area contributed by atoms with Gasteiger partial charge in [0.1, 0.15) is 6.07 Å². The number of aryl methyl sites for hydroxylation is 2. The fourth-order valence-corrected chi connectivity index (χ4v) is 1.52. The second-order valence-electron chi connectivity index (χ2n) is 3.34. The molecule has 0 saturated carbocycles. The summed E-state index contributed by atoms with van der Waals surface area (Å²) in [5, 5.41) is 13.1. The smallest absolute Gasteiger partial charge is 0.171 e. The summed E-state index contributed by atoms with van der Waals surface area (Å²) in [4.78, 5) is 4.33. The van der Waals surface area contributed by atoms with Crippen LogP contribution in [0.3, 0.4) is 0 Å². The van der Waals surface area contributed by atoms with E-state index in [0.717, 1.165) is 11.3 Å². The summed E-state index contributed by atoms with van der Waals surface area (Å²) >= 11 is 0. The minimum atomic E-state index is 0.573. The molecule has 2 heterocycles. The topological polar surface area (TPSA) is 54.5 Å². The van der Waals surface area contributed by atoms with Gasteiger partial charge >= 0.3 is 0 Å². The van der Waals surface area contributed by atoms with E-state index in [9.17, 15) is 0 Å². The Morgan fingerprint density at radius 1 is 1.40 bits per heavy atom. The van der Waals surface area contributed by atoms with Crippen LogP contribution in [0, 0.1) is 25.2 Å². The maximum absolute atomic E-state index is 9.06. The first-order valence-corrected chi connectivity index (χ1v) is 4.60. The van der Waals surface area contributed by atoms with Crippen LogP contribution in [-0.4, -0.2) is 14.8 Å². The Morgan fingerprint density at radius 2 is 2.20 bits per heavy atom. The summed E-state index contributed by atoms with van der Waals surface area (Å²) < 4.78 is 1.61. The van der Waals surface area contributed by atoms with E-state index < -0.39 is 0 Å². The molecule has 15 heavy (non-hydrogen) atoms. The SMILES string of the molecule is Cc1cc(C)c(C#N)c(-n2cccn2)n1. The van der Waals surface area contributed by atoms with Crippen LogP contribution in [0.1, 0.15) is 16.8 Å². The highest BCUT2D eigenvalue weighted by atomic mass is 15.3. The molecular weight excluding hydrogens is 188 g/mol. The van der Waals surface area contributed by atoms with Gasteiger partial charge in [0.25, 0.3) is 0 Å². The molecule has 0 aromatic carbocycles. The normalized spacial score (nSPS) is 9.93. The molecule has 4 nitrogen and oxygen atoms in total. The van der Waals surface area contributed by atoms with Gasteiger partial charge in [0.15, 0.2) is 5.82 Å². The highest BCUT2D eigenvalue weighted by Crippen LogP contribution is 2.15. The largest absolute Gasteiger partial charge is 0.233 e. The molecular formula is C11H10N4. The van der Waals surface area contributed by atoms with Crippen molar-refractivity contribution in [3.05, 3.63) is 41.3 Å². The summed E-state index contributed by atoms with van der Waals surface area (Å²) in [6.45, 7) is 3.81. The van der Waals surface area contributed by atoms with E-state index in [1.54, 1.807) is 23.1 Å². The predicted octanol–water partition coefficient (Wildman–Crippen LogP) is 1.76. The van der Waals surface area contributed by atoms with Gasteiger partial charge < -0.3 is 0 Å². The first kappa shape index (κ1) is 9.41. The maximum atomic E-state index is 9.06. The lowest BCUT2D eigenvalue weighted by Gasteiger charge is -2.06. The van der Waals surface area contributed by atoms with Crippen LogP contribution in [0.2, 0.25) is 0 Å². The fourth-order valence-electron chi connectivity index (χ4n) is 1.52. The Bertz CT molecular complexity index is 520. The van der Waals surface area contributed by atoms with Crippen LogP contribution in [0.15, 0.2) is 24.5 Å². The Labute approximate surface area is 87.8 Å². The summed E-state index contributed by atoms with van der Waals surface area (Å²) in [7, 11) is 0. The van der Waals surface area contributed by atoms with Crippen molar-refractivity contribution in [2.24, 2.45) is 0 Å². The number of nitrogens with zero attached hydrogens (tertiary/aromatic N) is 4. The Kier molecular flexibility index (Phi) is 2.22. The average molecular weight is 198 g/mol. The third-order valence-electron chi connectivity index (χ3n) is 2.16. The van der Waals surface area contributed by atoms with Crippen molar-refractivity contribution >= 4 is 0 Å². The molecule has 0 unspecified atom stereocenters. The Hall–Kier alpha value is -2.15. The molecule has 0 radical (unpaired) electrons. The van der Waals surface area contributed by atoms with Crippen LogP contribution in [0.4, 0.5) is 0 Å². The standard InChI is InChI=1S/C11H10N4/c1-8-6-9(2)14-11(10(8)7-12)15-5-3-4-13-15/h3-6H,1-2H3. The van der Waals surface area contributed by atoms with Gasteiger partial charge in [0.05, 0.1) is 5.56 Å². The molecule has 0 saturated heterocycles. The van der Waals surface area contributed by atoms with Gasteiger partial charge in [-0.3, -0.25) is 0 Å². The molecule has 0 bridgehead atoms. The highest BCUT2D eigenvalue weighted by Gasteiger charge is 2.09. The zero-order valence-corrected chi connectivity index (χ0v) is 8.60. The lowest BCUT2D eigenvalue weighted by atomic mass is 10.1. The summed E-state index contributed by atoms with van der Waals surface area (Å²) in [5.41, 5.74) is 2.39. The van der Waals surface area contributed by atoms with Crippen molar-refractivity contribution in [1.29, 1.82) is 5.26 Å². The number of aromatic nitrogens is 3. The van der Waals surface area contributed by atoms with Gasteiger partial charge in [-0.15, -0.1) is 0 Å². The molecule has 2 rings (SSSR count). The first-order chi connectivity index (χ1) is 7.22. The molecule has 2 aromatic heterocycles. The van der Waals surface area contributed by atoms with Crippen LogP contribution in [0.25, 0.3) is 5.82 Å². The molecule has 0 atom stereocenters. The number of pyridine rings is 1. The van der Waals surface area contributed by atoms with Gasteiger partial charge in [-0.1, -0.05) is 0 Å². The molecule has 74 valence electrons. The Morgan fingerprint density at radius 3 is 2.80 bits per heavy atom. The summed E-state index contributed by atoms with van der Waals surface area (Å²) in [5.74, 6) is 0.597. The molecule has 0 aliphatic heterocycles. The minimum absolute atomic E-state index is 0.573. The third kappa shape index (κ3) is 1.59. The molecule has 4 heteroatoms. The van der Waals surface area contributed by atoms with E-state index in [4.69, 9.17) is 5.26 Å². The van der Waals surface area contributed by atoms with Gasteiger partial charge in [-0.2, -0.15) is 10.4 Å². The van der Waals surface area contributed by atoms with Gasteiger partial charge in [-0.25, -0.2) is 9.67 Å². The van der Waals surface area contributed by atoms with Crippen molar-refractivity contribution in [2.75, 3.05) is 0 Å². The van der Waals surface area contributed by atoms with Crippen LogP contribution < -0.4 is 0 Å². The summed E-state index contributed by atoms with van der Waals surface area (Å²) in [6, 6.07) is 5.86. The van der Waals surface area contributed by atoms with Crippen LogP contribution in [-0.2, 0) is 0 Å². The monoisotopic (exact) mass is 198 g/mol. The lowest BCUT2D eigenvalue weighted by Crippen LogP contribution is -2.04. The van der Waals surface area contributed by atoms with Gasteiger partial charge in [0.2, 0.25) is 0 Å². The maximum Gasteiger partial charge on any atom is 0.171 e. The fraction of sp³-hybridized carbons (Fsp3) is 0.182. The highest BCUT2D eigenvalue weighted by molar-refractivity contribution is 5.49. The number of hydrogen-bond acceptors (Lipinski definition) is 3. The minimum Gasteiger partial charge on any atom is -0.233 e. The van der Waals surface area contributed by atoms with E-state index in [-0.39, 0.29) is 0 Å². The third-order valence-corrected chi connectivity index (χ3v) is 2.16. The van der Waals surface area contributed by atoms with Gasteiger partial charge in [-0.05, 0) is 31.5 Å². The molecule has 0 N–H and O–H groups in total. The van der Waals surface area contributed by atoms with Gasteiger partial charge in [0, 0.05) is 18.1 Å². The Balaban J connectivity index is 2.71. The average Bonchev–Trinajstić information content (AvgIpc) is 2.69. The molecule has 2 aromatic rings. The van der Waals surface area contributed by atoms with Crippen molar-refractivity contribution in [2.45, 2.75) is 13.8 Å². The van der Waals surface area contributed by atoms with Crippen molar-refractivity contribution < 1.29 is 0 Å². The zero-order valence-electron chi connectivity index (χ0n) is 8.60. The zero-order chi connectivity index (χ0) is 10.8. The van der Waals surface area contributed by atoms with E-state index in [1.807, 2.05) is 19.9 Å². The molecule has 0 fully saturated rings. The number of hydrogen-bond donors (Lipinski definition) is 0. The molecule has 0 aliphatic rings. The van der Waals surface area contributed by atoms with E-state index >= 15 is 0 Å². The van der Waals surface area contributed by atoms with E-state index in [0.29, 0.717) is 11.4 Å². The van der Waals surface area contributed by atoms with E-state index in [2.05, 4.69) is 16.2 Å². The van der Waals surface area contributed by atoms with Crippen LogP contribution >= 0.6 is 0 Å². The predicted molar refractivity (Wildman–Crippen MR) is 55.5 cm³/mol. The van der Waals surface area contributed by atoms with E-state index in [1.165, 1.54) is 0 Å². The molecule has 0 aliphatic carbocycles. The second kappa shape index (κ2) is 3.54. The first-order valence-electron chi connectivity index (χ1n) is 4.60. The summed E-state index contributed by atoms with van der Waals surface area (Å²) in [6.07, 6.45) is 3.45. The quantitative estimate of drug-likeness (QED) is 0.701. The van der Waals surface area contributed by atoms with Crippen molar-refractivity contribution in [3.63, 3.8) is 0 Å². The van der Waals surface area contributed by atoms with Crippen LogP contribution in [0.5, 0.6) is 0 Å². The molecule has 0 spiro atoms. The number of rotatable bonds is 1. The number of nitriles is 1. The second-order valence-corrected chi connectivity index (χ2v) is 3.34. The lowest BCUT2D eigenvalue weighted by molar-refractivity contribution is 0.834. The van der Waals surface area contributed by atoms with Crippen molar-refractivity contribution in [1.82, 2.24) is 14.8 Å².